The molecule has 1 aromatic carbocycles. The second-order valence-electron chi connectivity index (χ2n) is 6.17. The summed E-state index contributed by atoms with van der Waals surface area (Å²) in [5.41, 5.74) is 1.52. The van der Waals surface area contributed by atoms with Crippen LogP contribution in [0.15, 0.2) is 30.8 Å². The van der Waals surface area contributed by atoms with Crippen molar-refractivity contribution < 1.29 is 14.0 Å². The molecule has 1 aromatic rings. The van der Waals surface area contributed by atoms with Gasteiger partial charge in [-0.25, -0.2) is 4.79 Å². The van der Waals surface area contributed by atoms with Gasteiger partial charge in [0.2, 0.25) is 0 Å². The summed E-state index contributed by atoms with van der Waals surface area (Å²) in [4.78, 5) is 12.6. The van der Waals surface area contributed by atoms with E-state index in [0.717, 1.165) is 35.2 Å². The predicted molar refractivity (Wildman–Crippen MR) is 92.3 cm³/mol. The van der Waals surface area contributed by atoms with Gasteiger partial charge in [0.15, 0.2) is 5.54 Å². The number of carbonyl (C=O) groups excluding carboxylic acids is 1. The predicted octanol–water partition coefficient (Wildman–Crippen LogP) is 4.03. The molecular formula is C19H30NO2+. The van der Waals surface area contributed by atoms with Crippen LogP contribution in [0.1, 0.15) is 45.7 Å². The van der Waals surface area contributed by atoms with Crippen LogP contribution < -0.4 is 0 Å². The number of rotatable bonds is 8. The summed E-state index contributed by atoms with van der Waals surface area (Å²) in [6, 6.07) is 7.90. The molecule has 0 amide bonds. The zero-order valence-electron chi connectivity index (χ0n) is 14.7. The van der Waals surface area contributed by atoms with E-state index in [1.807, 2.05) is 38.1 Å². The van der Waals surface area contributed by atoms with Crippen molar-refractivity contribution in [2.45, 2.75) is 46.8 Å². The second-order valence-corrected chi connectivity index (χ2v) is 6.17. The van der Waals surface area contributed by atoms with Gasteiger partial charge in [-0.3, -0.25) is 0 Å². The number of hydrogen-bond donors (Lipinski definition) is 0. The maximum Gasteiger partial charge on any atom is 0.367 e. The third kappa shape index (κ3) is 3.58. The highest BCUT2D eigenvalue weighted by molar-refractivity contribution is 5.78. The van der Waals surface area contributed by atoms with E-state index in [4.69, 9.17) is 4.74 Å². The van der Waals surface area contributed by atoms with Gasteiger partial charge in [0, 0.05) is 13.8 Å². The van der Waals surface area contributed by atoms with Crippen LogP contribution >= 0.6 is 0 Å². The van der Waals surface area contributed by atoms with Gasteiger partial charge in [-0.15, -0.1) is 0 Å². The number of benzene rings is 1. The van der Waals surface area contributed by atoms with E-state index < -0.39 is 5.54 Å². The van der Waals surface area contributed by atoms with Crippen molar-refractivity contribution in [2.24, 2.45) is 0 Å². The Balaban J connectivity index is 2.79. The standard InChI is InChI=1S/C19H30NO2/c1-7-16-11-13-17(14-12-16)15-22-18(21)19(5,6)20(8-2,9-3)10-4/h7,11-14H,1,8-10,15H2,2-6H3/q+1. The van der Waals surface area contributed by atoms with Crippen molar-refractivity contribution in [3.05, 3.63) is 42.0 Å². The Kier molecular flexibility index (Phi) is 6.36. The fourth-order valence-corrected chi connectivity index (χ4v) is 3.13. The van der Waals surface area contributed by atoms with E-state index in [0.29, 0.717) is 6.61 Å². The Morgan fingerprint density at radius 2 is 1.64 bits per heavy atom. The molecule has 0 atom stereocenters. The van der Waals surface area contributed by atoms with Gasteiger partial charge < -0.3 is 9.22 Å². The van der Waals surface area contributed by atoms with Crippen LogP contribution in [0.2, 0.25) is 0 Å². The molecule has 0 aliphatic carbocycles. The summed E-state index contributed by atoms with van der Waals surface area (Å²) >= 11 is 0. The van der Waals surface area contributed by atoms with Crippen LogP contribution in [-0.2, 0) is 16.1 Å². The summed E-state index contributed by atoms with van der Waals surface area (Å²) in [5.74, 6) is -0.133. The SMILES string of the molecule is C=Cc1ccc(COC(=O)C(C)(C)[N+](CC)(CC)CC)cc1. The molecule has 0 saturated heterocycles. The minimum absolute atomic E-state index is 0.133. The number of esters is 1. The minimum Gasteiger partial charge on any atom is -0.456 e. The minimum atomic E-state index is -0.542. The first-order chi connectivity index (χ1) is 10.4. The third-order valence-electron chi connectivity index (χ3n) is 5.09. The van der Waals surface area contributed by atoms with Gasteiger partial charge in [-0.1, -0.05) is 36.9 Å². The maximum atomic E-state index is 12.6. The van der Waals surface area contributed by atoms with Crippen LogP contribution in [0.4, 0.5) is 0 Å². The fourth-order valence-electron chi connectivity index (χ4n) is 3.13. The summed E-state index contributed by atoms with van der Waals surface area (Å²) in [7, 11) is 0. The third-order valence-corrected chi connectivity index (χ3v) is 5.09. The van der Waals surface area contributed by atoms with E-state index in [-0.39, 0.29) is 5.97 Å². The summed E-state index contributed by atoms with van der Waals surface area (Å²) < 4.78 is 6.33. The van der Waals surface area contributed by atoms with Crippen LogP contribution in [0.5, 0.6) is 0 Å². The molecule has 0 saturated carbocycles. The van der Waals surface area contributed by atoms with E-state index >= 15 is 0 Å². The molecular weight excluding hydrogens is 274 g/mol. The average Bonchev–Trinajstić information content (AvgIpc) is 2.55. The molecule has 0 radical (unpaired) electrons. The van der Waals surface area contributed by atoms with Gasteiger partial charge in [-0.2, -0.15) is 0 Å². The van der Waals surface area contributed by atoms with Gasteiger partial charge in [0.05, 0.1) is 19.6 Å². The first kappa shape index (κ1) is 18.4. The Bertz CT molecular complexity index is 490. The molecule has 122 valence electrons. The Hall–Kier alpha value is -1.61. The van der Waals surface area contributed by atoms with Crippen LogP contribution in [0, 0.1) is 0 Å². The van der Waals surface area contributed by atoms with Crippen molar-refractivity contribution in [1.82, 2.24) is 0 Å². The maximum absolute atomic E-state index is 12.6. The van der Waals surface area contributed by atoms with Crippen LogP contribution in [0.3, 0.4) is 0 Å². The van der Waals surface area contributed by atoms with E-state index in [2.05, 4.69) is 27.4 Å². The van der Waals surface area contributed by atoms with Crippen LogP contribution in [-0.4, -0.2) is 35.6 Å². The van der Waals surface area contributed by atoms with Crippen molar-refractivity contribution >= 4 is 12.0 Å². The largest absolute Gasteiger partial charge is 0.456 e. The lowest BCUT2D eigenvalue weighted by Crippen LogP contribution is -2.65. The molecule has 0 aliphatic heterocycles. The number of carbonyl (C=O) groups is 1. The van der Waals surface area contributed by atoms with Gasteiger partial charge >= 0.3 is 5.97 Å². The van der Waals surface area contributed by atoms with Gasteiger partial charge in [-0.05, 0) is 31.9 Å². The van der Waals surface area contributed by atoms with Crippen molar-refractivity contribution in [2.75, 3.05) is 19.6 Å². The molecule has 3 heteroatoms. The number of quaternary nitrogens is 1. The fraction of sp³-hybridized carbons (Fsp3) is 0.526. The van der Waals surface area contributed by atoms with Gasteiger partial charge in [0.1, 0.15) is 6.61 Å². The number of ether oxygens (including phenoxy) is 1. The van der Waals surface area contributed by atoms with Gasteiger partial charge in [0.25, 0.3) is 0 Å². The highest BCUT2D eigenvalue weighted by Gasteiger charge is 2.47. The Labute approximate surface area is 135 Å². The monoisotopic (exact) mass is 304 g/mol. The molecule has 0 aliphatic rings. The molecule has 0 unspecified atom stereocenters. The highest BCUT2D eigenvalue weighted by atomic mass is 16.5. The summed E-state index contributed by atoms with van der Waals surface area (Å²) in [5, 5.41) is 0. The lowest BCUT2D eigenvalue weighted by molar-refractivity contribution is -0.959. The number of likely N-dealkylation sites (N-methyl/N-ethyl adjacent to an activating group) is 1. The molecule has 0 heterocycles. The number of hydrogen-bond acceptors (Lipinski definition) is 2. The molecule has 0 aromatic heterocycles. The normalized spacial score (nSPS) is 12.0. The molecule has 0 spiro atoms. The molecule has 0 bridgehead atoms. The van der Waals surface area contributed by atoms with E-state index in [1.54, 1.807) is 6.08 Å². The second kappa shape index (κ2) is 7.59. The zero-order chi connectivity index (χ0) is 16.8. The Morgan fingerprint density at radius 1 is 1.14 bits per heavy atom. The lowest BCUT2D eigenvalue weighted by atomic mass is 9.98. The van der Waals surface area contributed by atoms with Crippen molar-refractivity contribution in [3.63, 3.8) is 0 Å². The summed E-state index contributed by atoms with van der Waals surface area (Å²) in [6.45, 7) is 17.2. The average molecular weight is 304 g/mol. The number of nitrogens with zero attached hydrogens (tertiary/aromatic N) is 1. The molecule has 0 fully saturated rings. The first-order valence-electron chi connectivity index (χ1n) is 8.11. The molecule has 3 nitrogen and oxygen atoms in total. The highest BCUT2D eigenvalue weighted by Crippen LogP contribution is 2.26. The van der Waals surface area contributed by atoms with Crippen molar-refractivity contribution in [1.29, 1.82) is 0 Å². The zero-order valence-corrected chi connectivity index (χ0v) is 14.7. The van der Waals surface area contributed by atoms with Crippen LogP contribution in [0.25, 0.3) is 6.08 Å². The molecule has 22 heavy (non-hydrogen) atoms. The lowest BCUT2D eigenvalue weighted by Gasteiger charge is -2.46. The Morgan fingerprint density at radius 3 is 2.05 bits per heavy atom. The van der Waals surface area contributed by atoms with E-state index in [1.165, 1.54) is 0 Å². The topological polar surface area (TPSA) is 26.3 Å². The first-order valence-corrected chi connectivity index (χ1v) is 8.11. The smallest absolute Gasteiger partial charge is 0.367 e. The quantitative estimate of drug-likeness (QED) is 0.535. The molecule has 1 rings (SSSR count). The van der Waals surface area contributed by atoms with E-state index in [9.17, 15) is 4.79 Å². The molecule has 0 N–H and O–H groups in total. The summed E-state index contributed by atoms with van der Waals surface area (Å²) in [6.07, 6.45) is 1.80. The van der Waals surface area contributed by atoms with Crippen molar-refractivity contribution in [3.8, 4) is 0 Å².